The first kappa shape index (κ1) is 24.3. The fourth-order valence-electron chi connectivity index (χ4n) is 2.57. The van der Waals surface area contributed by atoms with E-state index in [1.54, 1.807) is 12.1 Å². The van der Waals surface area contributed by atoms with Crippen LogP contribution in [0.25, 0.3) is 0 Å². The zero-order valence-electron chi connectivity index (χ0n) is 16.9. The minimum atomic E-state index is -0.116. The van der Waals surface area contributed by atoms with Crippen LogP contribution < -0.4 is 38.3 Å². The van der Waals surface area contributed by atoms with E-state index in [-0.39, 0.29) is 5.91 Å². The molecule has 0 saturated carbocycles. The maximum atomic E-state index is 12.0. The Bertz CT molecular complexity index is 497. The molecule has 0 saturated heterocycles. The molecule has 1 aromatic rings. The van der Waals surface area contributed by atoms with E-state index in [4.69, 9.17) is 11.6 Å². The number of pyridine rings is 1. The summed E-state index contributed by atoms with van der Waals surface area (Å²) in [7, 11) is 0. The second-order valence-electron chi connectivity index (χ2n) is 6.64. The number of rotatable bonds is 18. The second-order valence-corrected chi connectivity index (χ2v) is 6.64. The van der Waals surface area contributed by atoms with Gasteiger partial charge in [-0.1, -0.05) is 0 Å². The summed E-state index contributed by atoms with van der Waals surface area (Å²) in [5, 5.41) is 13.1. The van der Waals surface area contributed by atoms with Gasteiger partial charge in [-0.25, -0.2) is 10.8 Å². The second kappa shape index (κ2) is 17.3. The predicted molar refractivity (Wildman–Crippen MR) is 115 cm³/mol. The Hall–Kier alpha value is -1.78. The smallest absolute Gasteiger partial charge is 0.252 e. The van der Waals surface area contributed by atoms with E-state index < -0.39 is 0 Å². The average molecular weight is 395 g/mol. The van der Waals surface area contributed by atoms with E-state index in [0.717, 1.165) is 65.1 Å². The molecule has 9 N–H and O–H groups in total. The lowest BCUT2D eigenvalue weighted by molar-refractivity contribution is 0.0953. The highest BCUT2D eigenvalue weighted by atomic mass is 16.1. The molecule has 160 valence electrons. The molecule has 1 rings (SSSR count). The summed E-state index contributed by atoms with van der Waals surface area (Å²) in [6, 6.07) is 3.37. The molecule has 0 aliphatic rings. The van der Waals surface area contributed by atoms with Crippen LogP contribution in [0.4, 0.5) is 5.82 Å². The molecule has 9 nitrogen and oxygen atoms in total. The van der Waals surface area contributed by atoms with Crippen molar-refractivity contribution in [3.05, 3.63) is 23.9 Å². The number of nitrogens with zero attached hydrogens (tertiary/aromatic N) is 1. The summed E-state index contributed by atoms with van der Waals surface area (Å²) in [6.45, 7) is 7.48. The summed E-state index contributed by atoms with van der Waals surface area (Å²) in [4.78, 5) is 16.0. The van der Waals surface area contributed by atoms with Gasteiger partial charge in [0.25, 0.3) is 5.91 Å². The Morgan fingerprint density at radius 3 is 1.93 bits per heavy atom. The van der Waals surface area contributed by atoms with E-state index in [1.807, 2.05) is 0 Å². The fourth-order valence-corrected chi connectivity index (χ4v) is 2.57. The molecular weight excluding hydrogens is 356 g/mol. The van der Waals surface area contributed by atoms with Crippen LogP contribution in [0.5, 0.6) is 0 Å². The summed E-state index contributed by atoms with van der Waals surface area (Å²) in [6.07, 6.45) is 6.96. The highest BCUT2D eigenvalue weighted by Gasteiger charge is 2.04. The largest absolute Gasteiger partial charge is 0.352 e. The van der Waals surface area contributed by atoms with Crippen LogP contribution in [0.3, 0.4) is 0 Å². The molecular formula is C19H38N8O. The number of hydrazine groups is 1. The molecule has 0 bridgehead atoms. The monoisotopic (exact) mass is 394 g/mol. The van der Waals surface area contributed by atoms with Crippen molar-refractivity contribution in [2.24, 2.45) is 11.6 Å². The van der Waals surface area contributed by atoms with Crippen LogP contribution in [0.1, 0.15) is 42.5 Å². The lowest BCUT2D eigenvalue weighted by Gasteiger charge is -2.08. The number of aromatic nitrogens is 1. The summed E-state index contributed by atoms with van der Waals surface area (Å²) in [5.41, 5.74) is 8.41. The van der Waals surface area contributed by atoms with Crippen LogP contribution in [0.15, 0.2) is 18.3 Å². The van der Waals surface area contributed by atoms with Crippen LogP contribution in [-0.2, 0) is 0 Å². The number of nitrogens with one attached hydrogen (secondary N) is 5. The first-order chi connectivity index (χ1) is 13.8. The third kappa shape index (κ3) is 12.6. The van der Waals surface area contributed by atoms with Gasteiger partial charge in [-0.3, -0.25) is 4.79 Å². The maximum absolute atomic E-state index is 12.0. The molecule has 0 aliphatic carbocycles. The number of hydrogen-bond donors (Lipinski definition) is 7. The number of carbonyl (C=O) groups excluding carboxylic acids is 1. The van der Waals surface area contributed by atoms with Gasteiger partial charge in [0, 0.05) is 12.7 Å². The molecule has 1 heterocycles. The molecule has 0 unspecified atom stereocenters. The zero-order valence-corrected chi connectivity index (χ0v) is 16.9. The first-order valence-electron chi connectivity index (χ1n) is 10.3. The SMILES string of the molecule is NCCCNCCCCNCCCNCCCNC(=O)c1ccc(NN)nc1. The predicted octanol–water partition coefficient (Wildman–Crippen LogP) is -0.225. The van der Waals surface area contributed by atoms with Crippen molar-refractivity contribution in [2.45, 2.75) is 32.1 Å². The number of unbranched alkanes of at least 4 members (excludes halogenated alkanes) is 1. The van der Waals surface area contributed by atoms with Crippen molar-refractivity contribution in [3.8, 4) is 0 Å². The number of hydrogen-bond acceptors (Lipinski definition) is 8. The van der Waals surface area contributed by atoms with Gasteiger partial charge in [-0.15, -0.1) is 0 Å². The molecule has 1 aromatic heterocycles. The molecule has 0 spiro atoms. The standard InChI is InChI=1S/C19H38N8O/c20-8-3-11-22-9-1-2-10-23-12-4-13-24-14-5-15-25-19(28)17-6-7-18(27-21)26-16-17/h6-7,16,22-24H,1-5,8-15,20-21H2,(H,25,28)(H,26,27). The van der Waals surface area contributed by atoms with Crippen LogP contribution >= 0.6 is 0 Å². The minimum absolute atomic E-state index is 0.116. The third-order valence-electron chi connectivity index (χ3n) is 4.21. The van der Waals surface area contributed by atoms with Gasteiger partial charge >= 0.3 is 0 Å². The highest BCUT2D eigenvalue weighted by Crippen LogP contribution is 2.03. The van der Waals surface area contributed by atoms with Crippen LogP contribution in [0, 0.1) is 0 Å². The van der Waals surface area contributed by atoms with E-state index in [2.05, 4.69) is 31.7 Å². The van der Waals surface area contributed by atoms with Gasteiger partial charge in [0.15, 0.2) is 0 Å². The molecule has 1 amide bonds. The molecule has 0 aromatic carbocycles. The molecule has 0 atom stereocenters. The first-order valence-corrected chi connectivity index (χ1v) is 10.3. The van der Waals surface area contributed by atoms with Gasteiger partial charge in [-0.2, -0.15) is 0 Å². The number of carbonyl (C=O) groups is 1. The average Bonchev–Trinajstić information content (AvgIpc) is 2.73. The Kier molecular flexibility index (Phi) is 15.0. The van der Waals surface area contributed by atoms with Crippen molar-refractivity contribution >= 4 is 11.7 Å². The van der Waals surface area contributed by atoms with Crippen molar-refractivity contribution in [1.82, 2.24) is 26.3 Å². The number of anilines is 1. The number of nitrogens with two attached hydrogens (primary N) is 2. The minimum Gasteiger partial charge on any atom is -0.352 e. The maximum Gasteiger partial charge on any atom is 0.252 e. The van der Waals surface area contributed by atoms with Crippen molar-refractivity contribution in [3.63, 3.8) is 0 Å². The van der Waals surface area contributed by atoms with Gasteiger partial charge < -0.3 is 32.4 Å². The topological polar surface area (TPSA) is 142 Å². The van der Waals surface area contributed by atoms with Crippen molar-refractivity contribution in [1.29, 1.82) is 0 Å². The Balaban J connectivity index is 1.83. The summed E-state index contributed by atoms with van der Waals surface area (Å²) in [5.74, 6) is 5.67. The number of amides is 1. The number of nitrogen functional groups attached to an aromatic ring is 1. The summed E-state index contributed by atoms with van der Waals surface area (Å²) < 4.78 is 0. The molecule has 0 radical (unpaired) electrons. The normalized spacial score (nSPS) is 10.8. The van der Waals surface area contributed by atoms with E-state index >= 15 is 0 Å². The van der Waals surface area contributed by atoms with Gasteiger partial charge in [0.05, 0.1) is 5.56 Å². The van der Waals surface area contributed by atoms with Crippen LogP contribution in [-0.4, -0.2) is 63.2 Å². The quantitative estimate of drug-likeness (QED) is 0.103. The lowest BCUT2D eigenvalue weighted by Crippen LogP contribution is -2.28. The van der Waals surface area contributed by atoms with Crippen molar-refractivity contribution in [2.75, 3.05) is 57.8 Å². The Morgan fingerprint density at radius 2 is 1.39 bits per heavy atom. The van der Waals surface area contributed by atoms with E-state index in [1.165, 1.54) is 19.0 Å². The van der Waals surface area contributed by atoms with Gasteiger partial charge in [0.1, 0.15) is 5.82 Å². The van der Waals surface area contributed by atoms with Gasteiger partial charge in [-0.05, 0) is 90.1 Å². The molecule has 0 fully saturated rings. The van der Waals surface area contributed by atoms with E-state index in [9.17, 15) is 4.79 Å². The van der Waals surface area contributed by atoms with E-state index in [0.29, 0.717) is 17.9 Å². The molecule has 9 heteroatoms. The lowest BCUT2D eigenvalue weighted by atomic mass is 10.2. The van der Waals surface area contributed by atoms with Gasteiger partial charge in [0.2, 0.25) is 0 Å². The fraction of sp³-hybridized carbons (Fsp3) is 0.684. The zero-order chi connectivity index (χ0) is 20.3. The van der Waals surface area contributed by atoms with Crippen molar-refractivity contribution < 1.29 is 4.79 Å². The molecule has 28 heavy (non-hydrogen) atoms. The molecule has 0 aliphatic heterocycles. The summed E-state index contributed by atoms with van der Waals surface area (Å²) >= 11 is 0. The Labute approximate surface area is 168 Å². The highest BCUT2D eigenvalue weighted by molar-refractivity contribution is 5.93. The third-order valence-corrected chi connectivity index (χ3v) is 4.21. The Morgan fingerprint density at radius 1 is 0.821 bits per heavy atom. The van der Waals surface area contributed by atoms with Crippen LogP contribution in [0.2, 0.25) is 0 Å².